The van der Waals surface area contributed by atoms with E-state index in [0.717, 1.165) is 65.6 Å². The van der Waals surface area contributed by atoms with Crippen molar-refractivity contribution in [3.63, 3.8) is 0 Å². The molecule has 0 amide bonds. The van der Waals surface area contributed by atoms with Gasteiger partial charge in [-0.3, -0.25) is 0 Å². The lowest BCUT2D eigenvalue weighted by atomic mass is 9.81. The SMILES string of the molecule is CCC(C)COc1cc(-c2ccc3c(c2)C(C)(C)c2cc(C)ccc2-3)c(OC)cc1C.CNc1ccc(C)cc1.Cc1cc(C)c(C)s1.Cc1ccc(C)[nH]1.Cc1ccc(C)cc1.Cc1sc(C)c(C)c1C.Cc1sc(C)c2c1OCCO2.Cc1sc(C)c2ccccc12.[C-]#[N+]/C(=C\c1cc(OC)c(C)cc1OCC(C)CC)c1cc(OCC(C)CC)c(/C(C#N)=C/C)cc1CO. The number of benzene rings is 8. The molecule has 132 heavy (non-hydrogen) atoms. The molecule has 3 unspecified atom stereocenters. The fraction of sp³-hybridized carbons (Fsp3) is 0.379. The Balaban J connectivity index is 0.000000221. The van der Waals surface area contributed by atoms with Crippen LogP contribution in [0.25, 0.3) is 55.2 Å². The van der Waals surface area contributed by atoms with Gasteiger partial charge in [0.1, 0.15) is 42.0 Å². The van der Waals surface area contributed by atoms with Gasteiger partial charge < -0.3 is 48.6 Å². The molecule has 16 heteroatoms. The van der Waals surface area contributed by atoms with E-state index < -0.39 is 0 Å². The maximum absolute atomic E-state index is 10.3. The Morgan fingerprint density at radius 3 is 1.39 bits per heavy atom. The monoisotopic (exact) mass is 1850 g/mol. The second-order valence-electron chi connectivity index (χ2n) is 35.2. The second-order valence-corrected chi connectivity index (χ2v) is 40.9. The number of allylic oxidation sites excluding steroid dienone is 2. The number of anilines is 1. The molecular weight excluding hydrogens is 1710 g/mol. The van der Waals surface area contributed by atoms with Crippen LogP contribution in [0.5, 0.6) is 40.2 Å². The van der Waals surface area contributed by atoms with Crippen LogP contribution < -0.4 is 38.5 Å². The first-order valence-electron chi connectivity index (χ1n) is 46.1. The van der Waals surface area contributed by atoms with Crippen LogP contribution >= 0.6 is 45.3 Å². The van der Waals surface area contributed by atoms with E-state index in [1.165, 1.54) is 134 Å². The number of hydrogen-bond acceptors (Lipinski definition) is 14. The molecule has 8 aromatic carbocycles. The molecule has 2 aliphatic rings. The topological polar surface area (TPSA) is 141 Å². The number of aliphatic hydroxyl groups is 1. The number of nitrogens with one attached hydrogen (secondary N) is 2. The maximum atomic E-state index is 10.3. The zero-order valence-corrected chi connectivity index (χ0v) is 87.9. The molecule has 0 saturated carbocycles. The first-order chi connectivity index (χ1) is 62.8. The molecule has 15 rings (SSSR count). The maximum Gasteiger partial charge on any atom is 0.195 e. The van der Waals surface area contributed by atoms with Crippen LogP contribution in [0.15, 0.2) is 170 Å². The first-order valence-corrected chi connectivity index (χ1v) is 49.3. The van der Waals surface area contributed by atoms with E-state index in [1.54, 1.807) is 56.8 Å². The van der Waals surface area contributed by atoms with E-state index >= 15 is 0 Å². The summed E-state index contributed by atoms with van der Waals surface area (Å²) in [5.74, 6) is 6.85. The fourth-order valence-corrected chi connectivity index (χ4v) is 18.7. The molecule has 13 aromatic rings. The number of nitriles is 1. The van der Waals surface area contributed by atoms with Crippen molar-refractivity contribution in [3.8, 4) is 68.6 Å². The van der Waals surface area contributed by atoms with Crippen molar-refractivity contribution in [2.75, 3.05) is 59.6 Å². The van der Waals surface area contributed by atoms with Crippen molar-refractivity contribution >= 4 is 79.2 Å². The number of aliphatic hydroxyl groups excluding tert-OH is 1. The van der Waals surface area contributed by atoms with E-state index in [2.05, 4.69) is 327 Å². The number of hydrogen-bond donors (Lipinski definition) is 3. The quantitative estimate of drug-likeness (QED) is 0.0384. The molecule has 12 nitrogen and oxygen atoms in total. The predicted molar refractivity (Wildman–Crippen MR) is 569 cm³/mol. The third-order valence-corrected chi connectivity index (χ3v) is 28.4. The number of ether oxygens (including phenoxy) is 7. The zero-order valence-electron chi connectivity index (χ0n) is 84.7. The van der Waals surface area contributed by atoms with Crippen LogP contribution in [0.1, 0.15) is 215 Å². The number of thiophene rings is 4. The van der Waals surface area contributed by atoms with Gasteiger partial charge in [0.05, 0.1) is 58.9 Å². The normalized spacial score (nSPS) is 12.4. The van der Waals surface area contributed by atoms with Crippen LogP contribution in [-0.4, -0.2) is 64.4 Å². The number of methoxy groups -OCH3 is 2. The number of rotatable bonds is 20. The molecule has 5 aromatic heterocycles. The Morgan fingerprint density at radius 1 is 0.500 bits per heavy atom. The van der Waals surface area contributed by atoms with E-state index in [4.69, 9.17) is 39.7 Å². The van der Waals surface area contributed by atoms with Crippen LogP contribution in [0, 0.1) is 167 Å². The van der Waals surface area contributed by atoms with Gasteiger partial charge in [0.25, 0.3) is 0 Å². The Hall–Kier alpha value is -11.1. The highest BCUT2D eigenvalue weighted by Gasteiger charge is 2.36. The number of fused-ring (bicyclic) bond motifs is 5. The zero-order chi connectivity index (χ0) is 97.4. The standard InChI is InChI=1S/C32H40N2O4.C29H34O2.C10H10S.C8H11N.C8H10O2S.C8H12S.C8H10.C7H10S.C6H9N/c1-9-21(4)19-37-31-12-23(6)30(36-8)15-25(31)14-29(34-7)27-16-32(38-20-22(5)10-2)28(13-26(27)18-35)24(11-3)17-33;1-8-18(2)17-31-27-16-24(28(30-7)14-20(27)4)21-10-12-23-22-11-9-19(3)13-25(22)29(5,6)26(23)15-21;1-7-9-5-3-4-6-10(9)8(2)11-7;1-7-3-5-8(9-2)6-4-7;1-5-7-8(6(2)11-5)10-4-3-9-7;1-5-6(2)8(4)9-7(5)3;1-7-3-5-8(2)6-4-7;1-5-4-6(2)8-7(5)3;1-5-3-4-6(2)7-5/h11-16,21-22,35H,9-10,18-20H2,1-6,8H3;9-16,18H,8,17H2,1-7H3;3-6H,1-2H3;3-6,9H,1-2H3;3-4H2,1-2H3;1-4H3;3-6H,1-2H3;4H,1-3H3;3-4,7H,1-2H3/b24-11+,29-14-;;;;;;;;. The summed E-state index contributed by atoms with van der Waals surface area (Å²) in [6, 6.07) is 59.1. The Morgan fingerprint density at radius 2 is 0.962 bits per heavy atom. The van der Waals surface area contributed by atoms with Gasteiger partial charge in [-0.1, -0.05) is 194 Å². The summed E-state index contributed by atoms with van der Waals surface area (Å²) < 4.78 is 40.8. The average Bonchev–Trinajstić information content (AvgIpc) is 1.58. The Kier molecular flexibility index (Phi) is 42.8. The summed E-state index contributed by atoms with van der Waals surface area (Å²) >= 11 is 7.38. The van der Waals surface area contributed by atoms with Gasteiger partial charge in [-0.15, -0.1) is 45.3 Å². The average molecular weight is 1850 g/mol. The summed E-state index contributed by atoms with van der Waals surface area (Å²) in [5.41, 5.74) is 26.2. The third kappa shape index (κ3) is 30.5. The molecule has 6 heterocycles. The van der Waals surface area contributed by atoms with Crippen molar-refractivity contribution in [1.29, 1.82) is 5.26 Å². The number of aromatic amines is 1. The highest BCUT2D eigenvalue weighted by Crippen LogP contribution is 2.51. The number of nitrogens with zero attached hydrogens (tertiary/aromatic N) is 2. The van der Waals surface area contributed by atoms with Crippen molar-refractivity contribution < 1.29 is 38.3 Å². The van der Waals surface area contributed by atoms with Gasteiger partial charge >= 0.3 is 0 Å². The van der Waals surface area contributed by atoms with Crippen molar-refractivity contribution in [1.82, 2.24) is 4.98 Å². The van der Waals surface area contributed by atoms with Crippen LogP contribution in [0.3, 0.4) is 0 Å². The molecule has 702 valence electrons. The lowest BCUT2D eigenvalue weighted by molar-refractivity contribution is 0.171. The van der Waals surface area contributed by atoms with Crippen LogP contribution in [-0.2, 0) is 12.0 Å². The van der Waals surface area contributed by atoms with Gasteiger partial charge in [0.15, 0.2) is 17.2 Å². The summed E-state index contributed by atoms with van der Waals surface area (Å²) in [6.07, 6.45) is 6.54. The molecule has 1 aliphatic carbocycles. The molecule has 0 bridgehead atoms. The summed E-state index contributed by atoms with van der Waals surface area (Å²) in [7, 11) is 5.28. The van der Waals surface area contributed by atoms with Gasteiger partial charge in [0, 0.05) is 85.2 Å². The van der Waals surface area contributed by atoms with Crippen molar-refractivity contribution in [2.24, 2.45) is 17.8 Å². The first kappa shape index (κ1) is 108. The van der Waals surface area contributed by atoms with Crippen molar-refractivity contribution in [2.45, 2.75) is 225 Å². The highest BCUT2D eigenvalue weighted by molar-refractivity contribution is 7.14. The molecule has 0 fully saturated rings. The number of H-pyrrole nitrogens is 1. The fourth-order valence-electron chi connectivity index (χ4n) is 14.7. The highest BCUT2D eigenvalue weighted by atomic mass is 32.1. The summed E-state index contributed by atoms with van der Waals surface area (Å²) in [5, 5.41) is 25.8. The molecular formula is C116H146N4O8S4. The third-order valence-electron chi connectivity index (χ3n) is 24.1. The lowest BCUT2D eigenvalue weighted by Gasteiger charge is -2.23. The summed E-state index contributed by atoms with van der Waals surface area (Å²) in [6.45, 7) is 70.4. The van der Waals surface area contributed by atoms with Gasteiger partial charge in [-0.25, -0.2) is 4.85 Å². The Bertz CT molecular complexity index is 5910. The largest absolute Gasteiger partial charge is 0.496 e. The van der Waals surface area contributed by atoms with Crippen molar-refractivity contribution in [3.05, 3.63) is 315 Å². The van der Waals surface area contributed by atoms with Crippen LogP contribution in [0.4, 0.5) is 5.69 Å². The molecule has 3 atom stereocenters. The minimum atomic E-state index is -0.294. The number of aryl methyl sites for hydroxylation is 17. The number of aromatic nitrogens is 1. The van der Waals surface area contributed by atoms with E-state index in [1.807, 2.05) is 74.0 Å². The molecule has 0 radical (unpaired) electrons. The molecule has 1 aliphatic heterocycles. The minimum Gasteiger partial charge on any atom is -0.496 e. The summed E-state index contributed by atoms with van der Waals surface area (Å²) in [4.78, 5) is 18.1. The van der Waals surface area contributed by atoms with Crippen LogP contribution in [0.2, 0.25) is 0 Å². The van der Waals surface area contributed by atoms with Gasteiger partial charge in [0.2, 0.25) is 0 Å². The minimum absolute atomic E-state index is 0.0273. The molecule has 0 spiro atoms. The second kappa shape index (κ2) is 52.4. The van der Waals surface area contributed by atoms with Gasteiger partial charge in [-0.05, 0) is 313 Å². The lowest BCUT2D eigenvalue weighted by Crippen LogP contribution is -2.15. The van der Waals surface area contributed by atoms with E-state index in [-0.39, 0.29) is 12.0 Å². The van der Waals surface area contributed by atoms with E-state index in [9.17, 15) is 10.4 Å². The smallest absolute Gasteiger partial charge is 0.195 e. The van der Waals surface area contributed by atoms with Gasteiger partial charge in [-0.2, -0.15) is 5.26 Å². The molecule has 3 N–H and O–H groups in total. The predicted octanol–water partition coefficient (Wildman–Crippen LogP) is 32.7. The molecule has 0 saturated heterocycles. The Labute approximate surface area is 808 Å². The van der Waals surface area contributed by atoms with E-state index in [0.29, 0.717) is 95.0 Å².